The zero-order chi connectivity index (χ0) is 12.0. The minimum atomic E-state index is 0.530. The summed E-state index contributed by atoms with van der Waals surface area (Å²) >= 11 is 13.8. The normalized spacial score (nSPS) is 10.2. The van der Waals surface area contributed by atoms with Crippen molar-refractivity contribution in [1.82, 2.24) is 4.98 Å². The van der Waals surface area contributed by atoms with Crippen LogP contribution in [0, 0.1) is 0 Å². The fourth-order valence-electron chi connectivity index (χ4n) is 1.19. The Morgan fingerprint density at radius 3 is 2.62 bits per heavy atom. The summed E-state index contributed by atoms with van der Waals surface area (Å²) in [6.07, 6.45) is 3.17. The molecule has 0 bridgehead atoms. The highest BCUT2D eigenvalue weighted by Gasteiger charge is 2.07. The number of halogens is 2. The molecule has 0 spiro atoms. The van der Waals surface area contributed by atoms with Crippen molar-refractivity contribution < 1.29 is 0 Å². The van der Waals surface area contributed by atoms with Crippen LogP contribution < -0.4 is 10.6 Å². The van der Waals surface area contributed by atoms with Crippen LogP contribution in [-0.4, -0.2) is 30.6 Å². The van der Waals surface area contributed by atoms with E-state index in [1.54, 1.807) is 13.1 Å². The lowest BCUT2D eigenvalue weighted by Gasteiger charge is -2.10. The lowest BCUT2D eigenvalue weighted by molar-refractivity contribution is 0.982. The van der Waals surface area contributed by atoms with Gasteiger partial charge in [0.2, 0.25) is 0 Å². The number of thioether (sulfide) groups is 1. The van der Waals surface area contributed by atoms with E-state index in [9.17, 15) is 0 Å². The lowest BCUT2D eigenvalue weighted by Crippen LogP contribution is -2.06. The first-order chi connectivity index (χ1) is 7.69. The largest absolute Gasteiger partial charge is 0.372 e. The molecule has 0 radical (unpaired) electrons. The summed E-state index contributed by atoms with van der Waals surface area (Å²) in [5, 5.41) is 7.19. The number of nitrogens with one attached hydrogen (secondary N) is 2. The maximum Gasteiger partial charge on any atom is 0.147 e. The summed E-state index contributed by atoms with van der Waals surface area (Å²) in [6.45, 7) is 0.859. The van der Waals surface area contributed by atoms with Crippen molar-refractivity contribution in [3.63, 3.8) is 0 Å². The van der Waals surface area contributed by atoms with Crippen LogP contribution in [0.5, 0.6) is 0 Å². The van der Waals surface area contributed by atoms with Crippen molar-refractivity contribution in [2.75, 3.05) is 36.2 Å². The van der Waals surface area contributed by atoms with Gasteiger partial charge in [-0.2, -0.15) is 11.8 Å². The van der Waals surface area contributed by atoms with Gasteiger partial charge >= 0.3 is 0 Å². The second-order valence-electron chi connectivity index (χ2n) is 3.17. The van der Waals surface area contributed by atoms with Gasteiger partial charge in [0.1, 0.15) is 11.6 Å². The summed E-state index contributed by atoms with van der Waals surface area (Å²) in [5.41, 5.74) is 0. The Morgan fingerprint density at radius 1 is 1.31 bits per heavy atom. The Kier molecular flexibility index (Phi) is 6.09. The van der Waals surface area contributed by atoms with Gasteiger partial charge in [-0.15, -0.1) is 0 Å². The molecular formula is C10H15Cl2N3S. The van der Waals surface area contributed by atoms with Gasteiger partial charge in [-0.05, 0) is 24.5 Å². The predicted molar refractivity (Wildman–Crippen MR) is 75.3 cm³/mol. The van der Waals surface area contributed by atoms with Crippen LogP contribution in [-0.2, 0) is 0 Å². The number of pyridine rings is 1. The number of hydrogen-bond acceptors (Lipinski definition) is 4. The van der Waals surface area contributed by atoms with Gasteiger partial charge in [0.15, 0.2) is 0 Å². The Hall–Kier alpha value is -0.320. The molecule has 6 heteroatoms. The van der Waals surface area contributed by atoms with Crippen LogP contribution in [0.25, 0.3) is 0 Å². The second-order valence-corrected chi connectivity index (χ2v) is 4.97. The molecule has 0 saturated heterocycles. The molecule has 0 aliphatic rings. The van der Waals surface area contributed by atoms with E-state index in [4.69, 9.17) is 23.2 Å². The van der Waals surface area contributed by atoms with Crippen molar-refractivity contribution in [2.45, 2.75) is 6.42 Å². The van der Waals surface area contributed by atoms with Gasteiger partial charge in [-0.25, -0.2) is 4.98 Å². The van der Waals surface area contributed by atoms with Crippen molar-refractivity contribution in [1.29, 1.82) is 0 Å². The molecule has 1 heterocycles. The van der Waals surface area contributed by atoms with E-state index in [0.29, 0.717) is 21.7 Å². The second kappa shape index (κ2) is 7.09. The zero-order valence-electron chi connectivity index (χ0n) is 9.31. The highest BCUT2D eigenvalue weighted by molar-refractivity contribution is 7.98. The number of nitrogens with zero attached hydrogens (tertiary/aromatic N) is 1. The molecule has 0 amide bonds. The summed E-state index contributed by atoms with van der Waals surface area (Å²) in [4.78, 5) is 4.30. The molecule has 90 valence electrons. The molecule has 16 heavy (non-hydrogen) atoms. The SMILES string of the molecule is CNc1nc(NCCCSC)c(Cl)cc1Cl. The Bertz CT molecular complexity index is 347. The Labute approximate surface area is 110 Å². The van der Waals surface area contributed by atoms with E-state index in [0.717, 1.165) is 18.7 Å². The first kappa shape index (κ1) is 13.7. The highest BCUT2D eigenvalue weighted by atomic mass is 35.5. The Morgan fingerprint density at radius 2 is 2.00 bits per heavy atom. The van der Waals surface area contributed by atoms with Crippen molar-refractivity contribution in [3.8, 4) is 0 Å². The minimum Gasteiger partial charge on any atom is -0.372 e. The smallest absolute Gasteiger partial charge is 0.147 e. The number of rotatable bonds is 6. The number of anilines is 2. The van der Waals surface area contributed by atoms with Crippen LogP contribution >= 0.6 is 35.0 Å². The molecule has 0 aliphatic carbocycles. The molecule has 3 nitrogen and oxygen atoms in total. The van der Waals surface area contributed by atoms with Gasteiger partial charge in [0.25, 0.3) is 0 Å². The molecule has 0 fully saturated rings. The van der Waals surface area contributed by atoms with Crippen LogP contribution in [0.1, 0.15) is 6.42 Å². The van der Waals surface area contributed by atoms with E-state index in [-0.39, 0.29) is 0 Å². The van der Waals surface area contributed by atoms with Gasteiger partial charge < -0.3 is 10.6 Å². The van der Waals surface area contributed by atoms with Crippen LogP contribution in [0.15, 0.2) is 6.07 Å². The topological polar surface area (TPSA) is 37.0 Å². The summed E-state index contributed by atoms with van der Waals surface area (Å²) in [7, 11) is 1.78. The molecule has 0 aromatic carbocycles. The third kappa shape index (κ3) is 3.92. The van der Waals surface area contributed by atoms with E-state index < -0.39 is 0 Å². The van der Waals surface area contributed by atoms with Crippen LogP contribution in [0.3, 0.4) is 0 Å². The van der Waals surface area contributed by atoms with Gasteiger partial charge in [0, 0.05) is 13.6 Å². The average molecular weight is 280 g/mol. The first-order valence-electron chi connectivity index (χ1n) is 4.95. The van der Waals surface area contributed by atoms with Crippen molar-refractivity contribution in [3.05, 3.63) is 16.1 Å². The molecule has 1 rings (SSSR count). The van der Waals surface area contributed by atoms with Crippen LogP contribution in [0.4, 0.5) is 11.6 Å². The number of hydrogen-bond donors (Lipinski definition) is 2. The summed E-state index contributed by atoms with van der Waals surface area (Å²) in [6, 6.07) is 1.69. The monoisotopic (exact) mass is 279 g/mol. The molecule has 1 aromatic heterocycles. The quantitative estimate of drug-likeness (QED) is 0.781. The van der Waals surface area contributed by atoms with E-state index in [1.165, 1.54) is 0 Å². The van der Waals surface area contributed by atoms with E-state index in [1.807, 2.05) is 11.8 Å². The Balaban J connectivity index is 2.64. The lowest BCUT2D eigenvalue weighted by atomic mass is 10.4. The molecule has 0 saturated carbocycles. The predicted octanol–water partition coefficient (Wildman–Crippen LogP) is 3.60. The first-order valence-corrected chi connectivity index (χ1v) is 7.10. The molecule has 0 aliphatic heterocycles. The van der Waals surface area contributed by atoms with Crippen molar-refractivity contribution >= 4 is 46.6 Å². The fourth-order valence-corrected chi connectivity index (χ4v) is 2.14. The molecule has 0 unspecified atom stereocenters. The van der Waals surface area contributed by atoms with E-state index in [2.05, 4.69) is 21.9 Å². The summed E-state index contributed by atoms with van der Waals surface area (Å²) in [5.74, 6) is 2.44. The molecule has 0 atom stereocenters. The maximum absolute atomic E-state index is 6.03. The molecular weight excluding hydrogens is 265 g/mol. The highest BCUT2D eigenvalue weighted by Crippen LogP contribution is 2.28. The third-order valence-corrected chi connectivity index (χ3v) is 3.26. The number of aromatic nitrogens is 1. The van der Waals surface area contributed by atoms with Crippen LogP contribution in [0.2, 0.25) is 10.0 Å². The average Bonchev–Trinajstić information content (AvgIpc) is 2.27. The maximum atomic E-state index is 6.03. The van der Waals surface area contributed by atoms with Gasteiger partial charge in [0.05, 0.1) is 10.0 Å². The summed E-state index contributed by atoms with van der Waals surface area (Å²) < 4.78 is 0. The minimum absolute atomic E-state index is 0.530. The third-order valence-electron chi connectivity index (χ3n) is 1.98. The van der Waals surface area contributed by atoms with Crippen molar-refractivity contribution in [2.24, 2.45) is 0 Å². The molecule has 2 N–H and O–H groups in total. The van der Waals surface area contributed by atoms with Gasteiger partial charge in [-0.1, -0.05) is 23.2 Å². The standard InChI is InChI=1S/C10H15Cl2N3S/c1-13-9-7(11)6-8(12)10(15-9)14-4-3-5-16-2/h6H,3-5H2,1-2H3,(H2,13,14,15). The molecule has 1 aromatic rings. The zero-order valence-corrected chi connectivity index (χ0v) is 11.6. The van der Waals surface area contributed by atoms with E-state index >= 15 is 0 Å². The van der Waals surface area contributed by atoms with Gasteiger partial charge in [-0.3, -0.25) is 0 Å². The fraction of sp³-hybridized carbons (Fsp3) is 0.500.